The van der Waals surface area contributed by atoms with E-state index in [1.54, 1.807) is 6.07 Å². The Morgan fingerprint density at radius 3 is 2.83 bits per heavy atom. The first-order valence-electron chi connectivity index (χ1n) is 6.86. The van der Waals surface area contributed by atoms with E-state index in [0.717, 1.165) is 12.1 Å². The summed E-state index contributed by atoms with van der Waals surface area (Å²) in [5.74, 6) is -0.529. The normalized spacial score (nSPS) is 18.3. The van der Waals surface area contributed by atoms with E-state index >= 15 is 0 Å². The minimum atomic E-state index is -4.58. The van der Waals surface area contributed by atoms with Crippen molar-refractivity contribution in [2.45, 2.75) is 25.1 Å². The Labute approximate surface area is 128 Å². The largest absolute Gasteiger partial charge is 0.453 e. The third-order valence-electron chi connectivity index (χ3n) is 3.33. The Morgan fingerprint density at radius 1 is 1.35 bits per heavy atom. The first kappa shape index (κ1) is 15.5. The molecule has 3 rings (SSSR count). The molecule has 8 nitrogen and oxygen atoms in total. The van der Waals surface area contributed by atoms with E-state index in [1.807, 2.05) is 0 Å². The Bertz CT molecular complexity index is 682. The van der Waals surface area contributed by atoms with Gasteiger partial charge in [0.15, 0.2) is 0 Å². The summed E-state index contributed by atoms with van der Waals surface area (Å²) < 4.78 is 42.6. The van der Waals surface area contributed by atoms with Gasteiger partial charge in [-0.3, -0.25) is 5.10 Å². The maximum atomic E-state index is 12.4. The van der Waals surface area contributed by atoms with Crippen LogP contribution in [0.25, 0.3) is 0 Å². The Kier molecular flexibility index (Phi) is 4.03. The van der Waals surface area contributed by atoms with Gasteiger partial charge in [0, 0.05) is 18.6 Å². The van der Waals surface area contributed by atoms with Crippen LogP contribution in [0.4, 0.5) is 24.9 Å². The summed E-state index contributed by atoms with van der Waals surface area (Å²) >= 11 is 0. The lowest BCUT2D eigenvalue weighted by Gasteiger charge is -2.10. The molecule has 1 aliphatic heterocycles. The Hall–Kier alpha value is -2.43. The van der Waals surface area contributed by atoms with Crippen LogP contribution in [0.5, 0.6) is 0 Å². The molecule has 2 aromatic heterocycles. The summed E-state index contributed by atoms with van der Waals surface area (Å²) in [7, 11) is 0. The quantitative estimate of drug-likeness (QED) is 0.774. The summed E-state index contributed by atoms with van der Waals surface area (Å²) in [6.07, 6.45) is -3.74. The number of rotatable bonds is 4. The van der Waals surface area contributed by atoms with Crippen molar-refractivity contribution in [3.63, 3.8) is 0 Å². The summed E-state index contributed by atoms with van der Waals surface area (Å²) in [5, 5.41) is 8.21. The first-order valence-corrected chi connectivity index (χ1v) is 6.86. The minimum absolute atomic E-state index is 0.000139. The maximum absolute atomic E-state index is 12.4. The van der Waals surface area contributed by atoms with Gasteiger partial charge in [-0.2, -0.15) is 18.2 Å². The number of nitrogen functional groups attached to an aromatic ring is 1. The third-order valence-corrected chi connectivity index (χ3v) is 3.33. The summed E-state index contributed by atoms with van der Waals surface area (Å²) in [6.45, 7) is 1.22. The lowest BCUT2D eigenvalue weighted by Crippen LogP contribution is -2.10. The van der Waals surface area contributed by atoms with Crippen molar-refractivity contribution in [1.82, 2.24) is 25.1 Å². The average molecular weight is 329 g/mol. The van der Waals surface area contributed by atoms with Crippen LogP contribution in [-0.2, 0) is 17.5 Å². The van der Waals surface area contributed by atoms with Gasteiger partial charge in [0.2, 0.25) is 5.95 Å². The van der Waals surface area contributed by atoms with Crippen molar-refractivity contribution in [2.75, 3.05) is 24.3 Å². The zero-order valence-corrected chi connectivity index (χ0v) is 11.9. The van der Waals surface area contributed by atoms with Crippen LogP contribution in [0.2, 0.25) is 0 Å². The van der Waals surface area contributed by atoms with Crippen LogP contribution >= 0.6 is 0 Å². The summed E-state index contributed by atoms with van der Waals surface area (Å²) in [5.41, 5.74) is 6.41. The zero-order valence-electron chi connectivity index (χ0n) is 11.9. The predicted molar refractivity (Wildman–Crippen MR) is 73.3 cm³/mol. The lowest BCUT2D eigenvalue weighted by atomic mass is 10.0. The van der Waals surface area contributed by atoms with E-state index in [-0.39, 0.29) is 24.2 Å². The van der Waals surface area contributed by atoms with E-state index in [0.29, 0.717) is 19.0 Å². The second kappa shape index (κ2) is 5.99. The van der Waals surface area contributed by atoms with Gasteiger partial charge in [0.05, 0.1) is 18.8 Å². The molecule has 3 heterocycles. The van der Waals surface area contributed by atoms with Crippen molar-refractivity contribution in [3.05, 3.63) is 23.4 Å². The van der Waals surface area contributed by atoms with Gasteiger partial charge in [-0.15, -0.1) is 5.10 Å². The number of nitrogens with one attached hydrogen (secondary N) is 2. The number of halogens is 3. The van der Waals surface area contributed by atoms with Crippen molar-refractivity contribution in [3.8, 4) is 0 Å². The number of aromatic amines is 1. The average Bonchev–Trinajstić information content (AvgIpc) is 3.15. The molecule has 0 bridgehead atoms. The van der Waals surface area contributed by atoms with Crippen LogP contribution in [-0.4, -0.2) is 38.4 Å². The van der Waals surface area contributed by atoms with Crippen molar-refractivity contribution in [1.29, 1.82) is 0 Å². The number of nitrogens with two attached hydrogens (primary N) is 1. The number of hydrogen-bond acceptors (Lipinski definition) is 7. The maximum Gasteiger partial charge on any atom is 0.453 e. The van der Waals surface area contributed by atoms with E-state index in [2.05, 4.69) is 30.5 Å². The van der Waals surface area contributed by atoms with Gasteiger partial charge in [-0.05, 0) is 6.42 Å². The van der Waals surface area contributed by atoms with Crippen LogP contribution in [0.1, 0.15) is 29.7 Å². The minimum Gasteiger partial charge on any atom is -0.381 e. The molecule has 1 fully saturated rings. The highest BCUT2D eigenvalue weighted by Gasteiger charge is 2.36. The molecule has 1 saturated heterocycles. The summed E-state index contributed by atoms with van der Waals surface area (Å²) in [4.78, 5) is 11.5. The van der Waals surface area contributed by atoms with E-state index in [4.69, 9.17) is 10.5 Å². The van der Waals surface area contributed by atoms with E-state index in [9.17, 15) is 13.2 Å². The number of alkyl halides is 3. The van der Waals surface area contributed by atoms with Crippen LogP contribution in [0, 0.1) is 0 Å². The van der Waals surface area contributed by atoms with Crippen molar-refractivity contribution >= 4 is 11.8 Å². The molecule has 0 saturated carbocycles. The van der Waals surface area contributed by atoms with Gasteiger partial charge in [0.25, 0.3) is 5.82 Å². The topological polar surface area (TPSA) is 115 Å². The van der Waals surface area contributed by atoms with E-state index in [1.165, 1.54) is 0 Å². The van der Waals surface area contributed by atoms with Crippen LogP contribution in [0.15, 0.2) is 6.07 Å². The second-order valence-electron chi connectivity index (χ2n) is 5.05. The molecule has 0 unspecified atom stereocenters. The molecule has 0 amide bonds. The standard InChI is InChI=1S/C12H14F3N7O/c13-12(14,15)10-19-9(21-22-10)4-17-8-3-7(18-11(16)20-8)6-1-2-23-5-6/h3,6H,1-2,4-5H2,(H,19,21,22)(H3,16,17,18,20)/t6-/m1/s1. The molecule has 23 heavy (non-hydrogen) atoms. The fourth-order valence-electron chi connectivity index (χ4n) is 2.23. The zero-order chi connectivity index (χ0) is 16.4. The molecule has 0 aliphatic carbocycles. The number of anilines is 2. The molecular formula is C12H14F3N7O. The number of hydrogen-bond donors (Lipinski definition) is 3. The van der Waals surface area contributed by atoms with Gasteiger partial charge >= 0.3 is 6.18 Å². The first-order chi connectivity index (χ1) is 10.9. The number of H-pyrrole nitrogens is 1. The molecule has 0 aromatic carbocycles. The van der Waals surface area contributed by atoms with Gasteiger partial charge in [0.1, 0.15) is 11.6 Å². The molecular weight excluding hydrogens is 315 g/mol. The number of nitrogens with zero attached hydrogens (tertiary/aromatic N) is 4. The monoisotopic (exact) mass is 329 g/mol. The predicted octanol–water partition coefficient (Wildman–Crippen LogP) is 1.31. The number of ether oxygens (including phenoxy) is 1. The Morgan fingerprint density at radius 2 is 2.17 bits per heavy atom. The molecule has 0 spiro atoms. The molecule has 1 atom stereocenters. The second-order valence-corrected chi connectivity index (χ2v) is 5.05. The van der Waals surface area contributed by atoms with Crippen molar-refractivity contribution in [2.24, 2.45) is 0 Å². The van der Waals surface area contributed by atoms with Crippen LogP contribution in [0.3, 0.4) is 0 Å². The highest BCUT2D eigenvalue weighted by Crippen LogP contribution is 2.26. The Balaban J connectivity index is 1.69. The van der Waals surface area contributed by atoms with E-state index < -0.39 is 12.0 Å². The van der Waals surface area contributed by atoms with Crippen LogP contribution < -0.4 is 11.1 Å². The smallest absolute Gasteiger partial charge is 0.381 e. The third kappa shape index (κ3) is 3.67. The fraction of sp³-hybridized carbons (Fsp3) is 0.500. The SMILES string of the molecule is Nc1nc(NCc2nc(C(F)(F)F)n[nH]2)cc([C@@H]2CCOC2)n1. The molecule has 11 heteroatoms. The molecule has 4 N–H and O–H groups in total. The molecule has 124 valence electrons. The highest BCUT2D eigenvalue weighted by molar-refractivity contribution is 5.41. The fourth-order valence-corrected chi connectivity index (χ4v) is 2.23. The molecule has 1 aliphatic rings. The summed E-state index contributed by atoms with van der Waals surface area (Å²) in [6, 6.07) is 1.71. The van der Waals surface area contributed by atoms with Gasteiger partial charge < -0.3 is 15.8 Å². The lowest BCUT2D eigenvalue weighted by molar-refractivity contribution is -0.144. The number of aromatic nitrogens is 5. The van der Waals surface area contributed by atoms with Crippen molar-refractivity contribution < 1.29 is 17.9 Å². The molecule has 0 radical (unpaired) electrons. The highest BCUT2D eigenvalue weighted by atomic mass is 19.4. The van der Waals surface area contributed by atoms with Gasteiger partial charge in [-0.25, -0.2) is 9.97 Å². The molecule has 2 aromatic rings. The van der Waals surface area contributed by atoms with Gasteiger partial charge in [-0.1, -0.05) is 0 Å².